The van der Waals surface area contributed by atoms with E-state index in [0.29, 0.717) is 0 Å². The van der Waals surface area contributed by atoms with Crippen LogP contribution in [0.1, 0.15) is 11.1 Å². The highest BCUT2D eigenvalue weighted by Crippen LogP contribution is 2.31. The zero-order valence-electron chi connectivity index (χ0n) is 12.8. The van der Waals surface area contributed by atoms with Crippen LogP contribution >= 0.6 is 0 Å². The van der Waals surface area contributed by atoms with E-state index in [-0.39, 0.29) is 0 Å². The van der Waals surface area contributed by atoms with Gasteiger partial charge in [-0.2, -0.15) is 0 Å². The van der Waals surface area contributed by atoms with Crippen LogP contribution in [0.5, 0.6) is 0 Å². The minimum atomic E-state index is 1.24. The van der Waals surface area contributed by atoms with Crippen LogP contribution in [0.3, 0.4) is 0 Å². The average molecular weight is 274 g/mol. The summed E-state index contributed by atoms with van der Waals surface area (Å²) < 4.78 is 2.17. The van der Waals surface area contributed by atoms with Crippen LogP contribution in [0.25, 0.3) is 22.4 Å². The van der Waals surface area contributed by atoms with E-state index in [1.54, 1.807) is 0 Å². The van der Waals surface area contributed by atoms with Crippen molar-refractivity contribution in [2.45, 2.75) is 13.8 Å². The summed E-state index contributed by atoms with van der Waals surface area (Å²) in [7, 11) is 2.09. The highest BCUT2D eigenvalue weighted by atomic mass is 14.9. The normalized spacial score (nSPS) is 10.6. The summed E-state index contributed by atoms with van der Waals surface area (Å²) in [6.45, 7) is 4.38. The van der Waals surface area contributed by atoms with Crippen LogP contribution < -0.4 is 4.57 Å². The van der Waals surface area contributed by atoms with Crippen LogP contribution in [0.2, 0.25) is 0 Å². The lowest BCUT2D eigenvalue weighted by atomic mass is 9.92. The number of aryl methyl sites for hydroxylation is 2. The maximum Gasteiger partial charge on any atom is 0.212 e. The lowest BCUT2D eigenvalue weighted by Gasteiger charge is -2.12. The second-order valence-electron chi connectivity index (χ2n) is 5.49. The van der Waals surface area contributed by atoms with Crippen molar-refractivity contribution in [3.63, 3.8) is 0 Å². The van der Waals surface area contributed by atoms with Crippen molar-refractivity contribution in [2.75, 3.05) is 0 Å². The molecular weight excluding hydrogens is 254 g/mol. The summed E-state index contributed by atoms with van der Waals surface area (Å²) in [6.07, 6.45) is 2.09. The summed E-state index contributed by atoms with van der Waals surface area (Å²) in [5.74, 6) is 0. The molecule has 0 aliphatic heterocycles. The van der Waals surface area contributed by atoms with Crippen LogP contribution in [-0.2, 0) is 7.05 Å². The van der Waals surface area contributed by atoms with Gasteiger partial charge in [0.25, 0.3) is 0 Å². The molecule has 0 saturated carbocycles. The minimum absolute atomic E-state index is 1.24. The van der Waals surface area contributed by atoms with Crippen molar-refractivity contribution in [3.8, 4) is 22.4 Å². The molecule has 0 aliphatic carbocycles. The average Bonchev–Trinajstić information content (AvgIpc) is 2.49. The quantitative estimate of drug-likeness (QED) is 0.607. The lowest BCUT2D eigenvalue weighted by Crippen LogP contribution is -2.30. The zero-order chi connectivity index (χ0) is 14.8. The van der Waals surface area contributed by atoms with Crippen LogP contribution in [-0.4, -0.2) is 0 Å². The number of benzene rings is 2. The van der Waals surface area contributed by atoms with E-state index in [4.69, 9.17) is 0 Å². The molecule has 1 aromatic heterocycles. The highest BCUT2D eigenvalue weighted by Gasteiger charge is 2.14. The van der Waals surface area contributed by atoms with E-state index in [1.165, 1.54) is 33.5 Å². The van der Waals surface area contributed by atoms with Gasteiger partial charge in [-0.3, -0.25) is 0 Å². The molecule has 0 fully saturated rings. The van der Waals surface area contributed by atoms with E-state index in [2.05, 4.69) is 92.3 Å². The monoisotopic (exact) mass is 274 g/mol. The molecule has 21 heavy (non-hydrogen) atoms. The molecule has 0 amide bonds. The van der Waals surface area contributed by atoms with Gasteiger partial charge in [0, 0.05) is 17.7 Å². The van der Waals surface area contributed by atoms with Gasteiger partial charge in [-0.05, 0) is 48.2 Å². The van der Waals surface area contributed by atoms with Crippen LogP contribution in [0.15, 0.2) is 66.9 Å². The van der Waals surface area contributed by atoms with Gasteiger partial charge >= 0.3 is 0 Å². The second-order valence-corrected chi connectivity index (χ2v) is 5.49. The van der Waals surface area contributed by atoms with Crippen molar-refractivity contribution >= 4 is 0 Å². The van der Waals surface area contributed by atoms with Gasteiger partial charge in [0.1, 0.15) is 7.05 Å². The van der Waals surface area contributed by atoms with Gasteiger partial charge in [-0.25, -0.2) is 4.57 Å². The lowest BCUT2D eigenvalue weighted by molar-refractivity contribution is -0.660. The van der Waals surface area contributed by atoms with Gasteiger partial charge in [0.2, 0.25) is 5.69 Å². The second kappa shape index (κ2) is 5.53. The van der Waals surface area contributed by atoms with Crippen molar-refractivity contribution in [3.05, 3.63) is 78.0 Å². The maximum absolute atomic E-state index is 2.21. The summed E-state index contributed by atoms with van der Waals surface area (Å²) in [6, 6.07) is 21.5. The molecule has 3 rings (SSSR count). The fourth-order valence-corrected chi connectivity index (χ4v) is 2.88. The summed E-state index contributed by atoms with van der Waals surface area (Å²) in [4.78, 5) is 0. The summed E-state index contributed by atoms with van der Waals surface area (Å²) in [5, 5.41) is 0. The van der Waals surface area contributed by atoms with Crippen LogP contribution in [0.4, 0.5) is 0 Å². The van der Waals surface area contributed by atoms with Gasteiger partial charge in [0.15, 0.2) is 6.20 Å². The van der Waals surface area contributed by atoms with E-state index >= 15 is 0 Å². The van der Waals surface area contributed by atoms with Crippen molar-refractivity contribution in [1.29, 1.82) is 0 Å². The molecule has 104 valence electrons. The van der Waals surface area contributed by atoms with E-state index in [0.717, 1.165) is 0 Å². The molecule has 0 aliphatic rings. The topological polar surface area (TPSA) is 3.88 Å². The van der Waals surface area contributed by atoms with E-state index in [9.17, 15) is 0 Å². The number of hydrogen-bond acceptors (Lipinski definition) is 0. The maximum atomic E-state index is 2.21. The Morgan fingerprint density at radius 3 is 2.10 bits per heavy atom. The SMILES string of the molecule is Cc1ccccc1-c1cccc(-c2cccc[n+]2C)c1C. The first kappa shape index (κ1) is 13.6. The Kier molecular flexibility index (Phi) is 3.57. The Morgan fingerprint density at radius 1 is 0.667 bits per heavy atom. The molecule has 1 heterocycles. The third-order valence-corrected chi connectivity index (χ3v) is 4.10. The summed E-state index contributed by atoms with van der Waals surface area (Å²) >= 11 is 0. The number of pyridine rings is 1. The molecular formula is C20H20N+. The number of aromatic nitrogens is 1. The Labute approximate surface area is 126 Å². The molecule has 0 spiro atoms. The first-order chi connectivity index (χ1) is 10.2. The first-order valence-corrected chi connectivity index (χ1v) is 7.29. The Balaban J connectivity index is 2.21. The highest BCUT2D eigenvalue weighted by molar-refractivity contribution is 5.77. The fourth-order valence-electron chi connectivity index (χ4n) is 2.88. The smallest absolute Gasteiger partial charge is 0.201 e. The van der Waals surface area contributed by atoms with E-state index in [1.807, 2.05) is 0 Å². The molecule has 0 saturated heterocycles. The standard InChI is InChI=1S/C20H20N/c1-15-9-4-5-10-17(15)18-11-8-12-19(16(18)2)20-13-6-7-14-21(20)3/h4-14H,1-3H3/q+1. The van der Waals surface area contributed by atoms with Crippen molar-refractivity contribution in [2.24, 2.45) is 7.05 Å². The van der Waals surface area contributed by atoms with Crippen LogP contribution in [0, 0.1) is 13.8 Å². The van der Waals surface area contributed by atoms with Gasteiger partial charge in [-0.1, -0.05) is 36.4 Å². The zero-order valence-corrected chi connectivity index (χ0v) is 12.8. The first-order valence-electron chi connectivity index (χ1n) is 7.29. The third kappa shape index (κ3) is 2.47. The van der Waals surface area contributed by atoms with E-state index < -0.39 is 0 Å². The van der Waals surface area contributed by atoms with Gasteiger partial charge < -0.3 is 0 Å². The van der Waals surface area contributed by atoms with Crippen molar-refractivity contribution < 1.29 is 4.57 Å². The largest absolute Gasteiger partial charge is 0.212 e. The fraction of sp³-hybridized carbons (Fsp3) is 0.150. The molecule has 0 radical (unpaired) electrons. The van der Waals surface area contributed by atoms with Gasteiger partial charge in [-0.15, -0.1) is 0 Å². The number of hydrogen-bond donors (Lipinski definition) is 0. The molecule has 0 atom stereocenters. The summed E-state index contributed by atoms with van der Waals surface area (Å²) in [5.41, 5.74) is 7.80. The number of rotatable bonds is 2. The predicted molar refractivity (Wildman–Crippen MR) is 88.0 cm³/mol. The molecule has 0 N–H and O–H groups in total. The van der Waals surface area contributed by atoms with Crippen molar-refractivity contribution in [1.82, 2.24) is 0 Å². The molecule has 0 unspecified atom stereocenters. The predicted octanol–water partition coefficient (Wildman–Crippen LogP) is 4.46. The third-order valence-electron chi connectivity index (χ3n) is 4.10. The minimum Gasteiger partial charge on any atom is -0.201 e. The molecule has 2 aromatic carbocycles. The molecule has 3 aromatic rings. The Bertz CT molecular complexity index is 724. The molecule has 1 nitrogen and oxygen atoms in total. The Hall–Kier alpha value is -2.41. The van der Waals surface area contributed by atoms with Gasteiger partial charge in [0.05, 0.1) is 0 Å². The Morgan fingerprint density at radius 2 is 1.33 bits per heavy atom. The molecule has 0 bridgehead atoms. The number of nitrogens with zero attached hydrogens (tertiary/aromatic N) is 1. The molecule has 1 heteroatoms.